The molecule has 10 rings (SSSR count). The lowest BCUT2D eigenvalue weighted by atomic mass is 9.83. The fourth-order valence-corrected chi connectivity index (χ4v) is 8.59. The number of pyridine rings is 4. The van der Waals surface area contributed by atoms with Gasteiger partial charge in [-0.2, -0.15) is 10.2 Å². The minimum atomic E-state index is -1.41. The van der Waals surface area contributed by atoms with E-state index in [0.717, 1.165) is 89.0 Å². The third-order valence-electron chi connectivity index (χ3n) is 11.4. The summed E-state index contributed by atoms with van der Waals surface area (Å²) in [5.74, 6) is 0. The molecule has 16 heteroatoms. The zero-order valence-corrected chi connectivity index (χ0v) is 40.8. The van der Waals surface area contributed by atoms with Crippen LogP contribution in [0.15, 0.2) is 171 Å². The predicted molar refractivity (Wildman–Crippen MR) is 284 cm³/mol. The van der Waals surface area contributed by atoms with E-state index in [2.05, 4.69) is 120 Å². The first kappa shape index (κ1) is 49.4. The number of halogens is 1. The summed E-state index contributed by atoms with van der Waals surface area (Å²) in [4.78, 5) is 18.8. The van der Waals surface area contributed by atoms with Gasteiger partial charge < -0.3 is 20.3 Å². The van der Waals surface area contributed by atoms with Crippen LogP contribution in [0, 0.1) is 0 Å². The minimum Gasteiger partial charge on any atom is -0.598 e. The molecule has 0 aliphatic carbocycles. The van der Waals surface area contributed by atoms with Crippen LogP contribution in [-0.4, -0.2) is 66.8 Å². The third-order valence-corrected chi connectivity index (χ3v) is 13.4. The summed E-state index contributed by atoms with van der Waals surface area (Å²) in [6, 6.07) is 45.1. The Bertz CT molecular complexity index is 3270. The van der Waals surface area contributed by atoms with Crippen molar-refractivity contribution in [1.29, 1.82) is 0 Å². The lowest BCUT2D eigenvalue weighted by Gasteiger charge is -2.26. The van der Waals surface area contributed by atoms with Crippen LogP contribution in [0.4, 0.5) is 0 Å². The maximum absolute atomic E-state index is 12.5. The number of aromatic nitrogens is 8. The van der Waals surface area contributed by atoms with Crippen LogP contribution in [0.25, 0.3) is 77.8 Å². The van der Waals surface area contributed by atoms with E-state index < -0.39 is 18.5 Å². The van der Waals surface area contributed by atoms with E-state index in [1.165, 1.54) is 12.4 Å². The lowest BCUT2D eigenvalue weighted by Crippen LogP contribution is -2.40. The number of rotatable bonds is 10. The number of hydrogen-bond donors (Lipinski definition) is 6. The van der Waals surface area contributed by atoms with Crippen LogP contribution in [0.2, 0.25) is 5.15 Å². The lowest BCUT2D eigenvalue weighted by molar-refractivity contribution is 0.426. The highest BCUT2D eigenvalue weighted by Gasteiger charge is 2.28. The van der Waals surface area contributed by atoms with Crippen molar-refractivity contribution in [3.63, 3.8) is 0 Å². The zero-order valence-electron chi connectivity index (χ0n) is 39.2. The molecule has 10 aromatic rings. The van der Waals surface area contributed by atoms with Gasteiger partial charge in [-0.3, -0.25) is 15.2 Å². The molecule has 3 atom stereocenters. The molecule has 352 valence electrons. The van der Waals surface area contributed by atoms with E-state index in [1.807, 2.05) is 89.3 Å². The first-order valence-electron chi connectivity index (χ1n) is 22.6. The van der Waals surface area contributed by atoms with Crippen LogP contribution in [0.5, 0.6) is 0 Å². The summed E-state index contributed by atoms with van der Waals surface area (Å²) in [5, 5.41) is 32.0. The first-order chi connectivity index (χ1) is 33.7. The van der Waals surface area contributed by atoms with E-state index in [0.29, 0.717) is 10.6 Å². The summed E-state index contributed by atoms with van der Waals surface area (Å²) in [6.07, 6.45) is 9.88. The summed E-state index contributed by atoms with van der Waals surface area (Å²) in [6.45, 7) is 9.90. The molecular formula is C54H52BClN10O3S. The average Bonchev–Trinajstić information content (AvgIpc) is 4.13. The molecule has 0 aliphatic rings. The van der Waals surface area contributed by atoms with Gasteiger partial charge >= 0.3 is 7.12 Å². The van der Waals surface area contributed by atoms with Gasteiger partial charge in [0.25, 0.3) is 0 Å². The Kier molecular flexibility index (Phi) is 15.6. The Morgan fingerprint density at radius 3 is 1.63 bits per heavy atom. The van der Waals surface area contributed by atoms with Crippen LogP contribution < -0.4 is 15.9 Å². The van der Waals surface area contributed by atoms with E-state index in [-0.39, 0.29) is 16.8 Å². The second-order valence-corrected chi connectivity index (χ2v) is 19.9. The highest BCUT2D eigenvalue weighted by atomic mass is 35.5. The average molecular weight is 967 g/mol. The molecule has 7 N–H and O–H groups in total. The second-order valence-electron chi connectivity index (χ2n) is 17.5. The van der Waals surface area contributed by atoms with Crippen molar-refractivity contribution in [3.05, 3.63) is 187 Å². The van der Waals surface area contributed by atoms with Gasteiger partial charge in [0.05, 0.1) is 40.4 Å². The quantitative estimate of drug-likeness (QED) is 0.0431. The van der Waals surface area contributed by atoms with Crippen molar-refractivity contribution in [1.82, 2.24) is 45.1 Å². The highest BCUT2D eigenvalue weighted by molar-refractivity contribution is 7.90. The number of fused-ring (bicyclic) bond motifs is 2. The number of hydrogen-bond acceptors (Lipinski definition) is 11. The van der Waals surface area contributed by atoms with Gasteiger partial charge in [-0.05, 0) is 81.1 Å². The monoisotopic (exact) mass is 966 g/mol. The summed E-state index contributed by atoms with van der Waals surface area (Å²) in [5.41, 5.74) is 20.2. The number of aromatic amines is 2. The molecule has 4 aromatic carbocycles. The molecule has 0 spiro atoms. The van der Waals surface area contributed by atoms with E-state index in [4.69, 9.17) is 37.4 Å². The molecule has 0 saturated heterocycles. The summed E-state index contributed by atoms with van der Waals surface area (Å²) in [7, 11) is -1.41. The molecular weight excluding hydrogens is 915 g/mol. The smallest absolute Gasteiger partial charge is 0.491 e. The van der Waals surface area contributed by atoms with Gasteiger partial charge in [0.1, 0.15) is 9.90 Å². The van der Waals surface area contributed by atoms with Gasteiger partial charge in [0, 0.05) is 92.4 Å². The number of nitrogens with zero attached hydrogens (tertiary/aromatic N) is 6. The molecule has 0 fully saturated rings. The van der Waals surface area contributed by atoms with Crippen LogP contribution in [0.3, 0.4) is 0 Å². The number of nitrogens with one attached hydrogen (secondary N) is 3. The molecule has 0 radical (unpaired) electrons. The van der Waals surface area contributed by atoms with Crippen molar-refractivity contribution in [3.8, 4) is 56.0 Å². The molecule has 0 aliphatic heterocycles. The fraction of sp³-hybridized carbons (Fsp3) is 0.148. The topological polar surface area (TPSA) is 210 Å². The van der Waals surface area contributed by atoms with Gasteiger partial charge in [0.15, 0.2) is 0 Å². The number of H-pyrrole nitrogens is 2. The maximum atomic E-state index is 12.5. The summed E-state index contributed by atoms with van der Waals surface area (Å²) >= 11 is 5.22. The summed E-state index contributed by atoms with van der Waals surface area (Å²) < 4.78 is 15.3. The molecule has 0 saturated carbocycles. The fourth-order valence-electron chi connectivity index (χ4n) is 7.57. The molecule has 70 heavy (non-hydrogen) atoms. The zero-order chi connectivity index (χ0) is 49.4. The number of nitrogens with two attached hydrogens (primary N) is 1. The van der Waals surface area contributed by atoms with Gasteiger partial charge in [-0.1, -0.05) is 121 Å². The number of benzene rings is 4. The van der Waals surface area contributed by atoms with Crippen molar-refractivity contribution in [2.24, 2.45) is 5.73 Å². The molecule has 0 bridgehead atoms. The second kappa shape index (κ2) is 22.1. The molecule has 0 amide bonds. The Morgan fingerprint density at radius 1 is 0.629 bits per heavy atom. The van der Waals surface area contributed by atoms with Gasteiger partial charge in [0.2, 0.25) is 0 Å². The standard InChI is InChI=1S/C26H26ClN3OS.C25H21N5.C3H5BN2O2/c1-17(30-32(31)26(2,3)4)18-10-12-20(13-11-18)24-21(19-8-6-5-7-9-19)16-22-23(29-24)14-15-28-25(22)27;1-16(26)17-7-9-19(10-8-17)25-21(18-5-3-2-4-6-18)13-22-23(30-25)11-12-27-24(22)20-14-28-29-15-20;7-4(8)3-1-5-6-2-3/h5-17,30H,1-4H3;2-16H,26H2,1H3,(H,28,29);1-2,7-8H,(H,5,6)/t17-,32?;16-;/m11./s1. The van der Waals surface area contributed by atoms with Gasteiger partial charge in [-0.25, -0.2) is 15.0 Å². The Labute approximate surface area is 415 Å². The van der Waals surface area contributed by atoms with Crippen LogP contribution >= 0.6 is 11.6 Å². The minimum absolute atomic E-state index is 0.000740. The van der Waals surface area contributed by atoms with E-state index >= 15 is 0 Å². The Hall–Kier alpha value is -7.08. The predicted octanol–water partition coefficient (Wildman–Crippen LogP) is 10.2. The Balaban J connectivity index is 0.000000163. The third kappa shape index (κ3) is 11.7. The first-order valence-corrected chi connectivity index (χ1v) is 24.1. The molecule has 6 aromatic heterocycles. The van der Waals surface area contributed by atoms with Crippen LogP contribution in [-0.2, 0) is 11.4 Å². The normalized spacial score (nSPS) is 12.6. The van der Waals surface area contributed by atoms with Crippen molar-refractivity contribution in [2.75, 3.05) is 0 Å². The Morgan fingerprint density at radius 2 is 1.14 bits per heavy atom. The van der Waals surface area contributed by atoms with Crippen molar-refractivity contribution in [2.45, 2.75) is 51.4 Å². The molecule has 13 nitrogen and oxygen atoms in total. The van der Waals surface area contributed by atoms with Crippen molar-refractivity contribution >= 4 is 57.3 Å². The van der Waals surface area contributed by atoms with Crippen LogP contribution in [0.1, 0.15) is 57.8 Å². The largest absolute Gasteiger partial charge is 0.598 e. The van der Waals surface area contributed by atoms with Crippen molar-refractivity contribution < 1.29 is 14.6 Å². The molecule has 1 unspecified atom stereocenters. The highest BCUT2D eigenvalue weighted by Crippen LogP contribution is 2.38. The SMILES string of the molecule is C[C@@H](N)c1ccc(-c2nc3ccnc(-c4cn[nH]c4)c3cc2-c2ccccc2)cc1.C[C@@H](N[S+]([O-])C(C)(C)C)c1ccc(-c2nc3ccnc(Cl)c3cc2-c2ccccc2)cc1.OB(O)c1cn[nH]c1. The van der Waals surface area contributed by atoms with E-state index in [9.17, 15) is 4.55 Å². The van der Waals surface area contributed by atoms with E-state index in [1.54, 1.807) is 18.6 Å². The maximum Gasteiger partial charge on any atom is 0.491 e. The van der Waals surface area contributed by atoms with Gasteiger partial charge in [-0.15, -0.1) is 4.72 Å². The molecule has 6 heterocycles.